The highest BCUT2D eigenvalue weighted by Gasteiger charge is 2.26. The fraction of sp³-hybridized carbons (Fsp3) is 0.409. The summed E-state index contributed by atoms with van der Waals surface area (Å²) in [5.41, 5.74) is 2.02. The van der Waals surface area contributed by atoms with E-state index in [1.165, 1.54) is 18.3 Å². The van der Waals surface area contributed by atoms with Crippen molar-refractivity contribution in [1.29, 1.82) is 0 Å². The SMILES string of the molecule is CCN(CC)c1ccc(NC(=O)C2CCN(c3cc(-n4cncn4)ncn3)CC2)cc1. The van der Waals surface area contributed by atoms with Gasteiger partial charge in [-0.25, -0.2) is 19.6 Å². The number of nitrogens with zero attached hydrogens (tertiary/aromatic N) is 7. The summed E-state index contributed by atoms with van der Waals surface area (Å²) < 4.78 is 1.61. The molecule has 9 nitrogen and oxygen atoms in total. The van der Waals surface area contributed by atoms with Crippen molar-refractivity contribution in [2.45, 2.75) is 26.7 Å². The van der Waals surface area contributed by atoms with Gasteiger partial charge >= 0.3 is 0 Å². The van der Waals surface area contributed by atoms with Gasteiger partial charge in [0, 0.05) is 49.5 Å². The maximum absolute atomic E-state index is 12.8. The van der Waals surface area contributed by atoms with Gasteiger partial charge in [-0.05, 0) is 51.0 Å². The first-order chi connectivity index (χ1) is 15.2. The molecule has 0 atom stereocenters. The second-order valence-corrected chi connectivity index (χ2v) is 7.54. The molecule has 1 amide bonds. The molecule has 0 saturated carbocycles. The molecule has 1 aliphatic heterocycles. The maximum Gasteiger partial charge on any atom is 0.227 e. The molecule has 0 spiro atoms. The smallest absolute Gasteiger partial charge is 0.227 e. The van der Waals surface area contributed by atoms with Crippen LogP contribution in [-0.2, 0) is 4.79 Å². The Hall–Kier alpha value is -3.49. The number of aromatic nitrogens is 5. The second kappa shape index (κ2) is 9.55. The summed E-state index contributed by atoms with van der Waals surface area (Å²) in [6.07, 6.45) is 6.19. The first kappa shape index (κ1) is 20.8. The van der Waals surface area contributed by atoms with Crippen molar-refractivity contribution in [3.63, 3.8) is 0 Å². The molecule has 3 heterocycles. The Bertz CT molecular complexity index is 977. The van der Waals surface area contributed by atoms with E-state index < -0.39 is 0 Å². The Morgan fingerprint density at radius 3 is 2.42 bits per heavy atom. The van der Waals surface area contributed by atoms with Crippen LogP contribution in [-0.4, -0.2) is 56.8 Å². The molecule has 2 aromatic heterocycles. The van der Waals surface area contributed by atoms with Crippen molar-refractivity contribution in [3.8, 4) is 5.82 Å². The zero-order valence-corrected chi connectivity index (χ0v) is 18.0. The van der Waals surface area contributed by atoms with Gasteiger partial charge in [-0.3, -0.25) is 4.79 Å². The van der Waals surface area contributed by atoms with Gasteiger partial charge in [-0.15, -0.1) is 0 Å². The van der Waals surface area contributed by atoms with Gasteiger partial charge in [-0.2, -0.15) is 5.10 Å². The molecule has 0 radical (unpaired) electrons. The maximum atomic E-state index is 12.8. The Morgan fingerprint density at radius 1 is 1.06 bits per heavy atom. The number of rotatable bonds is 7. The van der Waals surface area contributed by atoms with E-state index >= 15 is 0 Å². The van der Waals surface area contributed by atoms with Crippen LogP contribution in [0.2, 0.25) is 0 Å². The lowest BCUT2D eigenvalue weighted by molar-refractivity contribution is -0.120. The van der Waals surface area contributed by atoms with Crippen molar-refractivity contribution < 1.29 is 4.79 Å². The van der Waals surface area contributed by atoms with Gasteiger partial charge in [0.15, 0.2) is 5.82 Å². The van der Waals surface area contributed by atoms with Crippen molar-refractivity contribution >= 4 is 23.1 Å². The fourth-order valence-electron chi connectivity index (χ4n) is 3.92. The third-order valence-electron chi connectivity index (χ3n) is 5.74. The van der Waals surface area contributed by atoms with E-state index in [1.54, 1.807) is 11.0 Å². The third kappa shape index (κ3) is 4.82. The molecule has 3 aromatic rings. The molecule has 162 valence electrons. The van der Waals surface area contributed by atoms with Crippen LogP contribution in [0.15, 0.2) is 49.3 Å². The lowest BCUT2D eigenvalue weighted by Crippen LogP contribution is -2.38. The van der Waals surface area contributed by atoms with Crippen molar-refractivity contribution in [2.75, 3.05) is 41.3 Å². The molecule has 4 rings (SSSR count). The van der Waals surface area contributed by atoms with Crippen LogP contribution in [0.25, 0.3) is 5.82 Å². The molecule has 31 heavy (non-hydrogen) atoms. The van der Waals surface area contributed by atoms with Crippen LogP contribution in [0.5, 0.6) is 0 Å². The van der Waals surface area contributed by atoms with Crippen LogP contribution in [0.1, 0.15) is 26.7 Å². The van der Waals surface area contributed by atoms with E-state index in [-0.39, 0.29) is 11.8 Å². The quantitative estimate of drug-likeness (QED) is 0.628. The Labute approximate surface area is 182 Å². The molecule has 0 aliphatic carbocycles. The normalized spacial score (nSPS) is 14.5. The Morgan fingerprint density at radius 2 is 1.77 bits per heavy atom. The highest BCUT2D eigenvalue weighted by atomic mass is 16.1. The zero-order chi connectivity index (χ0) is 21.6. The van der Waals surface area contributed by atoms with E-state index in [2.05, 4.69) is 61.1 Å². The van der Waals surface area contributed by atoms with Crippen molar-refractivity contribution in [1.82, 2.24) is 24.7 Å². The highest BCUT2D eigenvalue weighted by Crippen LogP contribution is 2.24. The standard InChI is InChI=1S/C22H28N8O/c1-3-28(4-2)19-7-5-18(6-8-19)27-22(31)17-9-11-29(12-10-17)20-13-21(25-15-24-20)30-16-23-14-26-30/h5-8,13-17H,3-4,9-12H2,1-2H3,(H,27,31). The predicted molar refractivity (Wildman–Crippen MR) is 121 cm³/mol. The summed E-state index contributed by atoms with van der Waals surface area (Å²) >= 11 is 0. The molecular weight excluding hydrogens is 392 g/mol. The molecule has 9 heteroatoms. The zero-order valence-electron chi connectivity index (χ0n) is 18.0. The third-order valence-corrected chi connectivity index (χ3v) is 5.74. The topological polar surface area (TPSA) is 92.1 Å². The summed E-state index contributed by atoms with van der Waals surface area (Å²) in [6.45, 7) is 7.76. The largest absolute Gasteiger partial charge is 0.372 e. The average Bonchev–Trinajstić information content (AvgIpc) is 3.36. The van der Waals surface area contributed by atoms with Gasteiger partial charge in [-0.1, -0.05) is 0 Å². The fourth-order valence-corrected chi connectivity index (χ4v) is 3.92. The van der Waals surface area contributed by atoms with Gasteiger partial charge in [0.1, 0.15) is 24.8 Å². The number of benzene rings is 1. The minimum Gasteiger partial charge on any atom is -0.372 e. The number of carbonyl (C=O) groups is 1. The molecule has 0 bridgehead atoms. The van der Waals surface area contributed by atoms with E-state index in [0.29, 0.717) is 5.82 Å². The molecule has 1 N–H and O–H groups in total. The minimum absolute atomic E-state index is 0.00432. The van der Waals surface area contributed by atoms with Gasteiger partial charge in [0.25, 0.3) is 0 Å². The minimum atomic E-state index is -0.00432. The monoisotopic (exact) mass is 420 g/mol. The molecule has 1 saturated heterocycles. The molecular formula is C22H28N8O. The lowest BCUT2D eigenvalue weighted by Gasteiger charge is -2.32. The molecule has 1 fully saturated rings. The number of nitrogens with one attached hydrogen (secondary N) is 1. The first-order valence-corrected chi connectivity index (χ1v) is 10.8. The molecule has 0 unspecified atom stereocenters. The average molecular weight is 421 g/mol. The number of piperidine rings is 1. The first-order valence-electron chi connectivity index (χ1n) is 10.8. The van der Waals surface area contributed by atoms with Gasteiger partial charge in [0.2, 0.25) is 5.91 Å². The number of hydrogen-bond acceptors (Lipinski definition) is 7. The van der Waals surface area contributed by atoms with Crippen LogP contribution in [0.3, 0.4) is 0 Å². The van der Waals surface area contributed by atoms with Gasteiger partial charge in [0.05, 0.1) is 0 Å². The van der Waals surface area contributed by atoms with Crippen LogP contribution in [0.4, 0.5) is 17.2 Å². The lowest BCUT2D eigenvalue weighted by atomic mass is 9.96. The van der Waals surface area contributed by atoms with Crippen LogP contribution >= 0.6 is 0 Å². The highest BCUT2D eigenvalue weighted by molar-refractivity contribution is 5.92. The number of anilines is 3. The summed E-state index contributed by atoms with van der Waals surface area (Å²) in [6, 6.07) is 9.98. The van der Waals surface area contributed by atoms with Crippen LogP contribution < -0.4 is 15.1 Å². The summed E-state index contributed by atoms with van der Waals surface area (Å²) in [5, 5.41) is 7.19. The van der Waals surface area contributed by atoms with E-state index in [9.17, 15) is 4.79 Å². The van der Waals surface area contributed by atoms with Gasteiger partial charge < -0.3 is 15.1 Å². The summed E-state index contributed by atoms with van der Waals surface area (Å²) in [5.74, 6) is 1.60. The number of carbonyl (C=O) groups excluding carboxylic acids is 1. The number of hydrogen-bond donors (Lipinski definition) is 1. The van der Waals surface area contributed by atoms with Crippen molar-refractivity contribution in [2.24, 2.45) is 5.92 Å². The number of amides is 1. The molecule has 1 aliphatic rings. The Balaban J connectivity index is 1.32. The van der Waals surface area contributed by atoms with E-state index in [1.807, 2.05) is 18.2 Å². The van der Waals surface area contributed by atoms with Crippen LogP contribution in [0, 0.1) is 5.92 Å². The molecule has 1 aromatic carbocycles. The van der Waals surface area contributed by atoms with E-state index in [4.69, 9.17) is 0 Å². The second-order valence-electron chi connectivity index (χ2n) is 7.54. The summed E-state index contributed by atoms with van der Waals surface area (Å²) in [7, 11) is 0. The summed E-state index contributed by atoms with van der Waals surface area (Å²) in [4.78, 5) is 29.8. The predicted octanol–water partition coefficient (Wildman–Crippen LogP) is 2.76. The van der Waals surface area contributed by atoms with Crippen molar-refractivity contribution in [3.05, 3.63) is 49.3 Å². The van der Waals surface area contributed by atoms with E-state index in [0.717, 1.165) is 50.5 Å². The Kier molecular flexibility index (Phi) is 6.40.